The first-order valence-electron chi connectivity index (χ1n) is 5.83. The van der Waals surface area contributed by atoms with Crippen LogP contribution in [0.5, 0.6) is 0 Å². The maximum atomic E-state index is 14.0. The summed E-state index contributed by atoms with van der Waals surface area (Å²) < 4.78 is 16.4. The maximum Gasteiger partial charge on any atom is 0.256 e. The number of hydrogen-bond acceptors (Lipinski definition) is 4. The Morgan fingerprint density at radius 2 is 2.24 bits per heavy atom. The van der Waals surface area contributed by atoms with Gasteiger partial charge in [-0.05, 0) is 46.9 Å². The van der Waals surface area contributed by atoms with Gasteiger partial charge in [-0.3, -0.25) is 4.79 Å². The van der Waals surface area contributed by atoms with Crippen LogP contribution in [0.25, 0.3) is 5.69 Å². The Morgan fingerprint density at radius 1 is 1.38 bits per heavy atom. The monoisotopic (exact) mass is 414 g/mol. The van der Waals surface area contributed by atoms with E-state index in [9.17, 15) is 9.18 Å². The van der Waals surface area contributed by atoms with Gasteiger partial charge in [-0.15, -0.1) is 11.3 Å². The topological polar surface area (TPSA) is 59.8 Å². The molecule has 1 N–H and O–H groups in total. The third-order valence-corrected chi connectivity index (χ3v) is 4.49. The summed E-state index contributed by atoms with van der Waals surface area (Å²) in [7, 11) is 0. The number of carbonyl (C=O) groups is 1. The molecular weight excluding hydrogens is 406 g/mol. The highest BCUT2D eigenvalue weighted by Crippen LogP contribution is 2.20. The SMILES string of the molecule is O=C(Nc1ccc(-n2cncn2)c(F)c1)c1csc(I)c1. The second kappa shape index (κ2) is 5.90. The summed E-state index contributed by atoms with van der Waals surface area (Å²) in [5.41, 5.74) is 1.23. The molecule has 2 heterocycles. The van der Waals surface area contributed by atoms with Crippen LogP contribution in [-0.4, -0.2) is 20.7 Å². The van der Waals surface area contributed by atoms with E-state index in [1.165, 1.54) is 40.8 Å². The van der Waals surface area contributed by atoms with E-state index in [0.29, 0.717) is 11.3 Å². The molecule has 3 aromatic rings. The van der Waals surface area contributed by atoms with E-state index in [1.54, 1.807) is 17.5 Å². The summed E-state index contributed by atoms with van der Waals surface area (Å²) in [6.07, 6.45) is 2.73. The van der Waals surface area contributed by atoms with Crippen molar-refractivity contribution in [2.24, 2.45) is 0 Å². The van der Waals surface area contributed by atoms with E-state index in [4.69, 9.17) is 0 Å². The van der Waals surface area contributed by atoms with Crippen molar-refractivity contribution in [3.8, 4) is 5.69 Å². The van der Waals surface area contributed by atoms with Gasteiger partial charge in [0.05, 0.1) is 8.45 Å². The zero-order valence-electron chi connectivity index (χ0n) is 10.5. The van der Waals surface area contributed by atoms with Crippen molar-refractivity contribution < 1.29 is 9.18 Å². The van der Waals surface area contributed by atoms with Crippen LogP contribution in [0, 0.1) is 8.70 Å². The second-order valence-electron chi connectivity index (χ2n) is 4.10. The highest BCUT2D eigenvalue weighted by atomic mass is 127. The fourth-order valence-corrected chi connectivity index (χ4v) is 3.06. The molecule has 106 valence electrons. The quantitative estimate of drug-likeness (QED) is 0.670. The molecule has 1 aromatic carbocycles. The van der Waals surface area contributed by atoms with Crippen LogP contribution in [0.2, 0.25) is 0 Å². The molecule has 0 atom stereocenters. The summed E-state index contributed by atoms with van der Waals surface area (Å²) in [5.74, 6) is -0.750. The Bertz CT molecular complexity index is 787. The van der Waals surface area contributed by atoms with Gasteiger partial charge in [0.15, 0.2) is 5.82 Å². The lowest BCUT2D eigenvalue weighted by molar-refractivity contribution is 0.102. The van der Waals surface area contributed by atoms with Gasteiger partial charge >= 0.3 is 0 Å². The smallest absolute Gasteiger partial charge is 0.256 e. The highest BCUT2D eigenvalue weighted by molar-refractivity contribution is 14.1. The molecule has 0 spiro atoms. The van der Waals surface area contributed by atoms with Crippen molar-refractivity contribution >= 4 is 45.5 Å². The summed E-state index contributed by atoms with van der Waals surface area (Å²) in [4.78, 5) is 15.8. The molecule has 0 aliphatic carbocycles. The average molecular weight is 414 g/mol. The molecule has 21 heavy (non-hydrogen) atoms. The van der Waals surface area contributed by atoms with Crippen LogP contribution in [-0.2, 0) is 0 Å². The van der Waals surface area contributed by atoms with Gasteiger partial charge in [-0.1, -0.05) is 0 Å². The number of thiophene rings is 1. The van der Waals surface area contributed by atoms with Crippen molar-refractivity contribution in [1.29, 1.82) is 0 Å². The predicted octanol–water partition coefficient (Wildman–Crippen LogP) is 3.32. The van der Waals surface area contributed by atoms with Crippen LogP contribution in [0.1, 0.15) is 10.4 Å². The predicted molar refractivity (Wildman–Crippen MR) is 86.3 cm³/mol. The van der Waals surface area contributed by atoms with Crippen molar-refractivity contribution in [3.63, 3.8) is 0 Å². The summed E-state index contributed by atoms with van der Waals surface area (Å²) in [6, 6.07) is 6.19. The van der Waals surface area contributed by atoms with Crippen molar-refractivity contribution in [1.82, 2.24) is 14.8 Å². The lowest BCUT2D eigenvalue weighted by atomic mass is 10.2. The van der Waals surface area contributed by atoms with Gasteiger partial charge in [0.25, 0.3) is 5.91 Å². The van der Waals surface area contributed by atoms with E-state index >= 15 is 0 Å². The molecule has 0 aliphatic rings. The minimum atomic E-state index is -0.488. The van der Waals surface area contributed by atoms with Crippen LogP contribution in [0.15, 0.2) is 42.3 Å². The van der Waals surface area contributed by atoms with Gasteiger partial charge in [-0.25, -0.2) is 14.1 Å². The largest absolute Gasteiger partial charge is 0.322 e. The molecule has 0 unspecified atom stereocenters. The van der Waals surface area contributed by atoms with Crippen molar-refractivity contribution in [2.75, 3.05) is 5.32 Å². The molecule has 0 radical (unpaired) electrons. The van der Waals surface area contributed by atoms with Crippen LogP contribution in [0.3, 0.4) is 0 Å². The third kappa shape index (κ3) is 3.10. The van der Waals surface area contributed by atoms with E-state index < -0.39 is 5.82 Å². The molecular formula is C13H8FIN4OS. The number of hydrogen-bond donors (Lipinski definition) is 1. The Kier molecular flexibility index (Phi) is 3.97. The molecule has 3 rings (SSSR count). The summed E-state index contributed by atoms with van der Waals surface area (Å²) >= 11 is 3.62. The van der Waals surface area contributed by atoms with Gasteiger partial charge in [0.1, 0.15) is 18.3 Å². The standard InChI is InChI=1S/C13H8FIN4OS/c14-10-4-9(1-2-11(10)19-7-16-6-17-19)18-13(20)8-3-12(15)21-5-8/h1-7H,(H,18,20). The molecule has 0 fully saturated rings. The number of benzene rings is 1. The van der Waals surface area contributed by atoms with Gasteiger partial charge in [-0.2, -0.15) is 5.10 Å². The van der Waals surface area contributed by atoms with Gasteiger partial charge in [0.2, 0.25) is 0 Å². The highest BCUT2D eigenvalue weighted by Gasteiger charge is 2.11. The van der Waals surface area contributed by atoms with Gasteiger partial charge < -0.3 is 5.32 Å². The number of nitrogens with one attached hydrogen (secondary N) is 1. The molecule has 0 saturated carbocycles. The van der Waals surface area contributed by atoms with Crippen LogP contribution >= 0.6 is 33.9 Å². The van der Waals surface area contributed by atoms with Crippen LogP contribution in [0.4, 0.5) is 10.1 Å². The molecule has 8 heteroatoms. The number of nitrogens with zero attached hydrogens (tertiary/aromatic N) is 3. The molecule has 0 bridgehead atoms. The number of aromatic nitrogens is 3. The lowest BCUT2D eigenvalue weighted by Crippen LogP contribution is -2.11. The summed E-state index contributed by atoms with van der Waals surface area (Å²) in [5, 5.41) is 8.29. The molecule has 0 saturated heterocycles. The van der Waals surface area contributed by atoms with Crippen molar-refractivity contribution in [2.45, 2.75) is 0 Å². The Balaban J connectivity index is 1.81. The van der Waals surface area contributed by atoms with E-state index in [-0.39, 0.29) is 11.6 Å². The molecule has 0 aliphatic heterocycles. The molecule has 2 aromatic heterocycles. The first-order valence-corrected chi connectivity index (χ1v) is 7.79. The number of anilines is 1. The average Bonchev–Trinajstić information content (AvgIpc) is 3.10. The van der Waals surface area contributed by atoms with E-state index in [1.807, 2.05) is 0 Å². The van der Waals surface area contributed by atoms with E-state index in [2.05, 4.69) is 38.0 Å². The zero-order valence-corrected chi connectivity index (χ0v) is 13.4. The second-order valence-corrected chi connectivity index (χ2v) is 6.91. The Morgan fingerprint density at radius 3 is 2.86 bits per heavy atom. The normalized spacial score (nSPS) is 10.6. The number of amides is 1. The fourth-order valence-electron chi connectivity index (χ4n) is 1.74. The van der Waals surface area contributed by atoms with E-state index in [0.717, 1.165) is 2.88 Å². The number of rotatable bonds is 3. The lowest BCUT2D eigenvalue weighted by Gasteiger charge is -2.07. The number of carbonyl (C=O) groups excluding carboxylic acids is 1. The third-order valence-electron chi connectivity index (χ3n) is 2.70. The first kappa shape index (κ1) is 14.1. The Labute approximate surface area is 137 Å². The molecule has 5 nitrogen and oxygen atoms in total. The number of halogens is 2. The van der Waals surface area contributed by atoms with Crippen molar-refractivity contribution in [3.05, 3.63) is 56.6 Å². The van der Waals surface area contributed by atoms with Gasteiger partial charge in [0, 0.05) is 11.1 Å². The Hall–Kier alpha value is -1.81. The maximum absolute atomic E-state index is 14.0. The summed E-state index contributed by atoms with van der Waals surface area (Å²) in [6.45, 7) is 0. The zero-order chi connectivity index (χ0) is 14.8. The minimum Gasteiger partial charge on any atom is -0.322 e. The van der Waals surface area contributed by atoms with Crippen LogP contribution < -0.4 is 5.32 Å². The minimum absolute atomic E-state index is 0.262. The fraction of sp³-hybridized carbons (Fsp3) is 0. The first-order chi connectivity index (χ1) is 10.1. The molecule has 1 amide bonds.